The predicted molar refractivity (Wildman–Crippen MR) is 28.6 cm³/mol. The third-order valence-electron chi connectivity index (χ3n) is 1.01. The molecular weight excluding hydrogens is 177 g/mol. The first kappa shape index (κ1) is 14.6. The quantitative estimate of drug-likeness (QED) is 0.243. The molecular formula is C3H9Na2O4P. The maximum atomic E-state index is 10.2. The molecule has 1 saturated heterocycles. The van der Waals surface area contributed by atoms with Crippen LogP contribution in [-0.2, 0) is 9.30 Å². The summed E-state index contributed by atoms with van der Waals surface area (Å²) in [6.07, 6.45) is -0.254. The van der Waals surface area contributed by atoms with Gasteiger partial charge in [-0.05, 0) is 6.92 Å². The van der Waals surface area contributed by atoms with Gasteiger partial charge in [-0.2, -0.15) is 0 Å². The Balaban J connectivity index is -0.0000000800. The maximum Gasteiger partial charge on any atom is 1.00 e. The van der Waals surface area contributed by atoms with E-state index in [2.05, 4.69) is 4.74 Å². The molecule has 4 nitrogen and oxygen atoms in total. The molecule has 0 saturated carbocycles. The van der Waals surface area contributed by atoms with Gasteiger partial charge in [0, 0.05) is 0 Å². The van der Waals surface area contributed by atoms with Crippen molar-refractivity contribution >= 4 is 7.60 Å². The van der Waals surface area contributed by atoms with E-state index in [9.17, 15) is 4.57 Å². The summed E-state index contributed by atoms with van der Waals surface area (Å²) in [5, 5.41) is 0. The maximum absolute atomic E-state index is 10.2. The molecule has 0 aliphatic carbocycles. The van der Waals surface area contributed by atoms with Crippen LogP contribution in [0.1, 0.15) is 9.78 Å². The molecule has 10 heavy (non-hydrogen) atoms. The smallest absolute Gasteiger partial charge is 1.00 e. The van der Waals surface area contributed by atoms with Crippen molar-refractivity contribution in [3.05, 3.63) is 0 Å². The van der Waals surface area contributed by atoms with Crippen molar-refractivity contribution in [1.82, 2.24) is 0 Å². The van der Waals surface area contributed by atoms with E-state index in [0.29, 0.717) is 0 Å². The van der Waals surface area contributed by atoms with E-state index in [0.717, 1.165) is 0 Å². The minimum Gasteiger partial charge on any atom is -1.00 e. The Bertz CT molecular complexity index is 153. The van der Waals surface area contributed by atoms with Crippen LogP contribution in [0.2, 0.25) is 0 Å². The van der Waals surface area contributed by atoms with Crippen molar-refractivity contribution in [2.24, 2.45) is 0 Å². The van der Waals surface area contributed by atoms with E-state index in [1.54, 1.807) is 6.92 Å². The van der Waals surface area contributed by atoms with Gasteiger partial charge in [-0.25, -0.2) is 0 Å². The van der Waals surface area contributed by atoms with Gasteiger partial charge in [0.25, 0.3) is 0 Å². The second-order valence-corrected chi connectivity index (χ2v) is 3.51. The first-order valence-corrected chi connectivity index (χ1v) is 3.90. The van der Waals surface area contributed by atoms with Gasteiger partial charge in [0.2, 0.25) is 0 Å². The molecule has 1 aliphatic rings. The molecule has 0 aromatic carbocycles. The summed E-state index contributed by atoms with van der Waals surface area (Å²) in [6.45, 7) is 1.63. The molecule has 7 heteroatoms. The minimum atomic E-state index is -3.90. The van der Waals surface area contributed by atoms with Gasteiger partial charge in [-0.3, -0.25) is 4.57 Å². The van der Waals surface area contributed by atoms with Crippen molar-refractivity contribution in [3.8, 4) is 0 Å². The molecule has 2 unspecified atom stereocenters. The molecule has 0 aromatic heterocycles. The number of hydrogen-bond acceptors (Lipinski definition) is 2. The fourth-order valence-corrected chi connectivity index (χ4v) is 1.42. The molecule has 1 aliphatic heterocycles. The number of epoxide rings is 1. The Kier molecular flexibility index (Phi) is 7.27. The molecule has 0 aromatic rings. The zero-order valence-electron chi connectivity index (χ0n) is 8.31. The Morgan fingerprint density at radius 1 is 1.50 bits per heavy atom. The summed E-state index contributed by atoms with van der Waals surface area (Å²) < 4.78 is 14.7. The minimum absolute atomic E-state index is 0. The summed E-state index contributed by atoms with van der Waals surface area (Å²) >= 11 is 0. The van der Waals surface area contributed by atoms with Crippen LogP contribution in [0.15, 0.2) is 0 Å². The van der Waals surface area contributed by atoms with Crippen molar-refractivity contribution < 1.29 is 81.1 Å². The van der Waals surface area contributed by atoms with Crippen LogP contribution in [-0.4, -0.2) is 21.7 Å². The number of rotatable bonds is 1. The van der Waals surface area contributed by atoms with Crippen LogP contribution in [0.5, 0.6) is 0 Å². The Morgan fingerprint density at radius 3 is 1.80 bits per heavy atom. The van der Waals surface area contributed by atoms with E-state index < -0.39 is 13.4 Å². The second-order valence-electron chi connectivity index (χ2n) is 1.82. The SMILES string of the molecule is CC1OC1P(=O)(O)O.[H-].[H-].[Na+].[Na+]. The van der Waals surface area contributed by atoms with Gasteiger partial charge < -0.3 is 17.4 Å². The molecule has 2 N–H and O–H groups in total. The van der Waals surface area contributed by atoms with Gasteiger partial charge in [-0.1, -0.05) is 0 Å². The van der Waals surface area contributed by atoms with Gasteiger partial charge in [0.15, 0.2) is 5.85 Å². The summed E-state index contributed by atoms with van der Waals surface area (Å²) in [7, 11) is -3.90. The molecule has 2 atom stereocenters. The van der Waals surface area contributed by atoms with E-state index in [1.807, 2.05) is 0 Å². The first-order valence-electron chi connectivity index (χ1n) is 2.22. The first-order chi connectivity index (χ1) is 3.52. The zero-order chi connectivity index (χ0) is 6.36. The topological polar surface area (TPSA) is 70.1 Å². The third kappa shape index (κ3) is 4.21. The van der Waals surface area contributed by atoms with Gasteiger partial charge in [0.1, 0.15) is 0 Å². The fourth-order valence-electron chi connectivity index (χ4n) is 0.527. The van der Waals surface area contributed by atoms with Crippen LogP contribution in [0.3, 0.4) is 0 Å². The molecule has 1 rings (SSSR count). The molecule has 52 valence electrons. The van der Waals surface area contributed by atoms with Crippen LogP contribution in [0, 0.1) is 0 Å². The largest absolute Gasteiger partial charge is 1.00 e. The van der Waals surface area contributed by atoms with E-state index >= 15 is 0 Å². The average molecular weight is 186 g/mol. The van der Waals surface area contributed by atoms with Crippen molar-refractivity contribution in [3.63, 3.8) is 0 Å². The number of hydrogen-bond donors (Lipinski definition) is 2. The molecule has 0 spiro atoms. The standard InChI is InChI=1S/C3H7O4P.2Na.2H/c1-2-3(7-2)8(4,5)6;;;;/h2-3H,1H3,(H2,4,5,6);;;;/q;2*+1;2*-1. The predicted octanol–water partition coefficient (Wildman–Crippen LogP) is -5.86. The van der Waals surface area contributed by atoms with Crippen LogP contribution >= 0.6 is 7.60 Å². The van der Waals surface area contributed by atoms with Crippen molar-refractivity contribution in [1.29, 1.82) is 0 Å². The molecule has 1 fully saturated rings. The summed E-state index contributed by atoms with van der Waals surface area (Å²) in [5.41, 5.74) is 0. The van der Waals surface area contributed by atoms with Gasteiger partial charge in [0.05, 0.1) is 6.10 Å². The Morgan fingerprint density at radius 2 is 1.80 bits per heavy atom. The molecule has 0 bridgehead atoms. The third-order valence-corrected chi connectivity index (χ3v) is 2.22. The number of ether oxygens (including phenoxy) is 1. The van der Waals surface area contributed by atoms with E-state index in [4.69, 9.17) is 9.79 Å². The molecule has 1 heterocycles. The summed E-state index contributed by atoms with van der Waals surface area (Å²) in [6, 6.07) is 0. The van der Waals surface area contributed by atoms with Crippen molar-refractivity contribution in [2.75, 3.05) is 0 Å². The van der Waals surface area contributed by atoms with Crippen LogP contribution in [0.4, 0.5) is 0 Å². The monoisotopic (exact) mass is 186 g/mol. The van der Waals surface area contributed by atoms with Gasteiger partial charge >= 0.3 is 66.7 Å². The molecule has 0 amide bonds. The summed E-state index contributed by atoms with van der Waals surface area (Å²) in [5.74, 6) is -0.817. The average Bonchev–Trinajstić information content (AvgIpc) is 2.13. The summed E-state index contributed by atoms with van der Waals surface area (Å²) in [4.78, 5) is 16.6. The van der Waals surface area contributed by atoms with Crippen LogP contribution in [0.25, 0.3) is 0 Å². The van der Waals surface area contributed by atoms with E-state index in [1.165, 1.54) is 0 Å². The fraction of sp³-hybridized carbons (Fsp3) is 1.00. The Hall–Kier alpha value is 2.11. The van der Waals surface area contributed by atoms with E-state index in [-0.39, 0.29) is 68.1 Å². The van der Waals surface area contributed by atoms with Crippen molar-refractivity contribution in [2.45, 2.75) is 18.9 Å². The van der Waals surface area contributed by atoms with Gasteiger partial charge in [-0.15, -0.1) is 0 Å². The Labute approximate surface area is 106 Å². The van der Waals surface area contributed by atoms with Crippen LogP contribution < -0.4 is 59.1 Å². The zero-order valence-corrected chi connectivity index (χ0v) is 11.2. The second kappa shape index (κ2) is 4.97. The molecule has 0 radical (unpaired) electrons. The normalized spacial score (nSPS) is 29.9.